The number of hydrogen-bond donors (Lipinski definition) is 1. The summed E-state index contributed by atoms with van der Waals surface area (Å²) in [5.41, 5.74) is 5.82. The number of morpholine rings is 1. The Morgan fingerprint density at radius 2 is 1.86 bits per heavy atom. The topological polar surface area (TPSA) is 72.6 Å². The van der Waals surface area contributed by atoms with Crippen LogP contribution in [-0.4, -0.2) is 63.2 Å². The van der Waals surface area contributed by atoms with E-state index in [0.29, 0.717) is 13.2 Å². The highest BCUT2D eigenvalue weighted by Gasteiger charge is 2.39. The van der Waals surface area contributed by atoms with Gasteiger partial charge in [0, 0.05) is 25.2 Å². The molecule has 2 atom stereocenters. The van der Waals surface area contributed by atoms with E-state index in [4.69, 9.17) is 10.5 Å². The van der Waals surface area contributed by atoms with Crippen LogP contribution in [0.15, 0.2) is 0 Å². The Kier molecular flexibility index (Phi) is 2.79. The molecule has 2 fully saturated rings. The van der Waals surface area contributed by atoms with Crippen molar-refractivity contribution in [3.63, 3.8) is 0 Å². The summed E-state index contributed by atoms with van der Waals surface area (Å²) in [6.07, 6.45) is 0. The molecule has 0 amide bonds. The van der Waals surface area contributed by atoms with Crippen molar-refractivity contribution < 1.29 is 13.2 Å². The Labute approximate surface area is 84.1 Å². The predicted octanol–water partition coefficient (Wildman–Crippen LogP) is -1.56. The zero-order valence-corrected chi connectivity index (χ0v) is 8.87. The van der Waals surface area contributed by atoms with Gasteiger partial charge in [0.1, 0.15) is 0 Å². The van der Waals surface area contributed by atoms with E-state index in [0.717, 1.165) is 13.1 Å². The molecule has 82 valence electrons. The van der Waals surface area contributed by atoms with E-state index in [2.05, 4.69) is 4.90 Å². The van der Waals surface area contributed by atoms with Crippen LogP contribution in [0.25, 0.3) is 0 Å². The predicted molar refractivity (Wildman–Crippen MR) is 52.8 cm³/mol. The number of sulfone groups is 1. The van der Waals surface area contributed by atoms with Crippen LogP contribution in [-0.2, 0) is 14.6 Å². The van der Waals surface area contributed by atoms with Gasteiger partial charge in [0.25, 0.3) is 0 Å². The Balaban J connectivity index is 2.04. The minimum atomic E-state index is -2.90. The van der Waals surface area contributed by atoms with Gasteiger partial charge in [0.15, 0.2) is 9.84 Å². The van der Waals surface area contributed by atoms with Gasteiger partial charge in [-0.1, -0.05) is 0 Å². The second-order valence-electron chi connectivity index (χ2n) is 3.96. The Bertz CT molecular complexity index is 298. The van der Waals surface area contributed by atoms with Gasteiger partial charge in [-0.2, -0.15) is 0 Å². The summed E-state index contributed by atoms with van der Waals surface area (Å²) in [6, 6.07) is -0.220. The summed E-state index contributed by atoms with van der Waals surface area (Å²) < 4.78 is 27.9. The molecule has 6 heteroatoms. The highest BCUT2D eigenvalue weighted by molar-refractivity contribution is 7.91. The summed E-state index contributed by atoms with van der Waals surface area (Å²) in [6.45, 7) is 2.97. The molecule has 5 nitrogen and oxygen atoms in total. The summed E-state index contributed by atoms with van der Waals surface area (Å²) >= 11 is 0. The second kappa shape index (κ2) is 3.77. The zero-order chi connectivity index (χ0) is 10.2. The van der Waals surface area contributed by atoms with Gasteiger partial charge in [-0.15, -0.1) is 0 Å². The van der Waals surface area contributed by atoms with Crippen LogP contribution in [0.4, 0.5) is 0 Å². The minimum absolute atomic E-state index is 0.00361. The van der Waals surface area contributed by atoms with Crippen LogP contribution in [0.2, 0.25) is 0 Å². The lowest BCUT2D eigenvalue weighted by molar-refractivity contribution is 0.0188. The highest BCUT2D eigenvalue weighted by Crippen LogP contribution is 2.17. The molecular formula is C8H16N2O3S. The van der Waals surface area contributed by atoms with Crippen molar-refractivity contribution in [1.29, 1.82) is 0 Å². The van der Waals surface area contributed by atoms with E-state index in [1.54, 1.807) is 0 Å². The van der Waals surface area contributed by atoms with Gasteiger partial charge in [-0.3, -0.25) is 4.90 Å². The number of ether oxygens (including phenoxy) is 1. The van der Waals surface area contributed by atoms with Crippen molar-refractivity contribution in [1.82, 2.24) is 4.90 Å². The number of nitrogens with zero attached hydrogens (tertiary/aromatic N) is 1. The lowest BCUT2D eigenvalue weighted by atomic mass is 10.1. The SMILES string of the molecule is N[C@H]1CS(=O)(=O)C[C@H]1N1CCOCC1. The van der Waals surface area contributed by atoms with Gasteiger partial charge >= 0.3 is 0 Å². The Morgan fingerprint density at radius 1 is 1.21 bits per heavy atom. The first kappa shape index (κ1) is 10.4. The molecule has 2 aliphatic rings. The number of rotatable bonds is 1. The van der Waals surface area contributed by atoms with Crippen molar-refractivity contribution >= 4 is 9.84 Å². The highest BCUT2D eigenvalue weighted by atomic mass is 32.2. The quantitative estimate of drug-likeness (QED) is 0.579. The zero-order valence-electron chi connectivity index (χ0n) is 8.05. The molecular weight excluding hydrogens is 204 g/mol. The molecule has 0 aromatic rings. The normalized spacial score (nSPS) is 38.6. The first-order valence-corrected chi connectivity index (χ1v) is 6.68. The summed E-state index contributed by atoms with van der Waals surface area (Å²) in [5.74, 6) is 0.350. The fourth-order valence-corrected chi connectivity index (χ4v) is 4.06. The lowest BCUT2D eigenvalue weighted by Gasteiger charge is -2.33. The second-order valence-corrected chi connectivity index (χ2v) is 6.11. The first-order valence-electron chi connectivity index (χ1n) is 4.86. The standard InChI is InChI=1S/C8H16N2O3S/c9-7-5-14(11,12)6-8(7)10-1-3-13-4-2-10/h7-8H,1-6,9H2/t7-,8+/m0/s1. The third kappa shape index (κ3) is 2.08. The van der Waals surface area contributed by atoms with E-state index < -0.39 is 9.84 Å². The van der Waals surface area contributed by atoms with E-state index in [1.165, 1.54) is 0 Å². The van der Waals surface area contributed by atoms with E-state index in [9.17, 15) is 8.42 Å². The molecule has 0 radical (unpaired) electrons. The molecule has 0 aliphatic carbocycles. The van der Waals surface area contributed by atoms with Gasteiger partial charge in [-0.25, -0.2) is 8.42 Å². The summed E-state index contributed by atoms with van der Waals surface area (Å²) in [5, 5.41) is 0. The van der Waals surface area contributed by atoms with Crippen molar-refractivity contribution in [3.05, 3.63) is 0 Å². The van der Waals surface area contributed by atoms with Crippen LogP contribution >= 0.6 is 0 Å². The van der Waals surface area contributed by atoms with Crippen molar-refractivity contribution in [2.75, 3.05) is 37.8 Å². The number of hydrogen-bond acceptors (Lipinski definition) is 5. The van der Waals surface area contributed by atoms with E-state index >= 15 is 0 Å². The average molecular weight is 220 g/mol. The third-order valence-electron chi connectivity index (χ3n) is 2.88. The minimum Gasteiger partial charge on any atom is -0.379 e. The molecule has 2 aliphatic heterocycles. The summed E-state index contributed by atoms with van der Waals surface area (Å²) in [7, 11) is -2.90. The fourth-order valence-electron chi connectivity index (χ4n) is 2.14. The summed E-state index contributed by atoms with van der Waals surface area (Å²) in [4.78, 5) is 2.14. The molecule has 0 unspecified atom stereocenters. The van der Waals surface area contributed by atoms with Crippen LogP contribution in [0.5, 0.6) is 0 Å². The molecule has 0 spiro atoms. The molecule has 14 heavy (non-hydrogen) atoms. The van der Waals surface area contributed by atoms with Crippen molar-refractivity contribution in [2.45, 2.75) is 12.1 Å². The van der Waals surface area contributed by atoms with Crippen molar-refractivity contribution in [3.8, 4) is 0 Å². The maximum absolute atomic E-state index is 11.4. The molecule has 0 saturated carbocycles. The lowest BCUT2D eigenvalue weighted by Crippen LogP contribution is -2.51. The van der Waals surface area contributed by atoms with Crippen LogP contribution in [0, 0.1) is 0 Å². The smallest absolute Gasteiger partial charge is 0.153 e. The Hall–Kier alpha value is -0.170. The Morgan fingerprint density at radius 3 is 2.36 bits per heavy atom. The van der Waals surface area contributed by atoms with Crippen LogP contribution < -0.4 is 5.73 Å². The van der Waals surface area contributed by atoms with Gasteiger partial charge in [0.05, 0.1) is 24.7 Å². The number of nitrogens with two attached hydrogens (primary N) is 1. The van der Waals surface area contributed by atoms with Gasteiger partial charge in [-0.05, 0) is 0 Å². The molecule has 0 bridgehead atoms. The molecule has 2 N–H and O–H groups in total. The monoisotopic (exact) mass is 220 g/mol. The first-order chi connectivity index (χ1) is 6.58. The van der Waals surface area contributed by atoms with Gasteiger partial charge in [0.2, 0.25) is 0 Å². The fraction of sp³-hybridized carbons (Fsp3) is 1.00. The van der Waals surface area contributed by atoms with E-state index in [-0.39, 0.29) is 23.6 Å². The van der Waals surface area contributed by atoms with Crippen LogP contribution in [0.3, 0.4) is 0 Å². The van der Waals surface area contributed by atoms with E-state index in [1.807, 2.05) is 0 Å². The largest absolute Gasteiger partial charge is 0.379 e. The molecule has 0 aromatic carbocycles. The average Bonchev–Trinajstić information content (AvgIpc) is 2.41. The molecule has 2 rings (SSSR count). The molecule has 0 aromatic heterocycles. The van der Waals surface area contributed by atoms with Crippen molar-refractivity contribution in [2.24, 2.45) is 5.73 Å². The maximum Gasteiger partial charge on any atom is 0.153 e. The maximum atomic E-state index is 11.4. The molecule has 2 heterocycles. The van der Waals surface area contributed by atoms with Crippen LogP contribution in [0.1, 0.15) is 0 Å². The van der Waals surface area contributed by atoms with Gasteiger partial charge < -0.3 is 10.5 Å². The third-order valence-corrected chi connectivity index (χ3v) is 4.62. The molecule has 2 saturated heterocycles.